The third kappa shape index (κ3) is 3.80. The van der Waals surface area contributed by atoms with Gasteiger partial charge in [-0.15, -0.1) is 0 Å². The Morgan fingerprint density at radius 3 is 2.35 bits per heavy atom. The van der Waals surface area contributed by atoms with Crippen LogP contribution in [0.25, 0.3) is 11.1 Å². The van der Waals surface area contributed by atoms with Crippen molar-refractivity contribution in [3.63, 3.8) is 0 Å². The Morgan fingerprint density at radius 2 is 1.62 bits per heavy atom. The van der Waals surface area contributed by atoms with Crippen LogP contribution in [-0.4, -0.2) is 29.0 Å². The Kier molecular flexibility index (Phi) is 5.02. The number of benzene rings is 1. The molecule has 1 saturated heterocycles. The summed E-state index contributed by atoms with van der Waals surface area (Å²) in [6.45, 7) is -0.0508. The molecule has 1 aromatic rings. The zero-order valence-electron chi connectivity index (χ0n) is 14.7. The predicted octanol–water partition coefficient (Wildman–Crippen LogP) is 3.96. The van der Waals surface area contributed by atoms with Crippen molar-refractivity contribution in [3.8, 4) is 11.1 Å². The lowest BCUT2D eigenvalue weighted by atomic mass is 9.94. The highest BCUT2D eigenvalue weighted by atomic mass is 16.5. The molecule has 0 aromatic heterocycles. The van der Waals surface area contributed by atoms with Crippen LogP contribution in [-0.2, 0) is 11.2 Å². The van der Waals surface area contributed by atoms with E-state index in [0.717, 1.165) is 12.0 Å². The molecule has 1 aliphatic heterocycles. The van der Waals surface area contributed by atoms with Crippen LogP contribution in [0.1, 0.15) is 35.6 Å². The maximum absolute atomic E-state index is 10.1. The van der Waals surface area contributed by atoms with Gasteiger partial charge in [0.15, 0.2) is 0 Å². The zero-order chi connectivity index (χ0) is 17.9. The van der Waals surface area contributed by atoms with E-state index in [4.69, 9.17) is 4.74 Å². The Bertz CT molecular complexity index is 814. The molecule has 1 aromatic carbocycles. The van der Waals surface area contributed by atoms with E-state index in [9.17, 15) is 10.2 Å². The van der Waals surface area contributed by atoms with Crippen molar-refractivity contribution in [2.24, 2.45) is 0 Å². The minimum Gasteiger partial charge on any atom is -0.394 e. The van der Waals surface area contributed by atoms with Crippen molar-refractivity contribution in [1.29, 1.82) is 0 Å². The van der Waals surface area contributed by atoms with Crippen molar-refractivity contribution < 1.29 is 14.9 Å². The number of aliphatic hydroxyl groups is 2. The molecule has 2 N–H and O–H groups in total. The van der Waals surface area contributed by atoms with E-state index in [1.54, 1.807) is 0 Å². The molecule has 3 aliphatic rings. The minimum absolute atomic E-state index is 0.0508. The van der Waals surface area contributed by atoms with Gasteiger partial charge in [0.1, 0.15) is 0 Å². The van der Waals surface area contributed by atoms with Crippen LogP contribution in [0.15, 0.2) is 66.7 Å². The number of ether oxygens (including phenoxy) is 1. The van der Waals surface area contributed by atoms with E-state index in [0.29, 0.717) is 12.8 Å². The summed E-state index contributed by atoms with van der Waals surface area (Å²) in [5.74, 6) is 0. The van der Waals surface area contributed by atoms with E-state index >= 15 is 0 Å². The van der Waals surface area contributed by atoms with Crippen LogP contribution in [0.5, 0.6) is 0 Å². The highest BCUT2D eigenvalue weighted by Crippen LogP contribution is 2.32. The lowest BCUT2D eigenvalue weighted by molar-refractivity contribution is -0.113. The lowest BCUT2D eigenvalue weighted by Crippen LogP contribution is -2.33. The third-order valence-electron chi connectivity index (χ3n) is 5.10. The summed E-state index contributed by atoms with van der Waals surface area (Å²) in [6, 6.07) is 23.3. The predicted molar refractivity (Wildman–Crippen MR) is 102 cm³/mol. The number of aliphatic hydroxyl groups excluding tert-OH is 2. The van der Waals surface area contributed by atoms with E-state index in [2.05, 4.69) is 48.5 Å². The highest BCUT2D eigenvalue weighted by Gasteiger charge is 2.29. The SMILES string of the molecule is OC[C@@H]1CC(O)C[C@H](c2cccc(Cc3cc4cccccc-4c3)c2)O1. The second-order valence-electron chi connectivity index (χ2n) is 7.16. The van der Waals surface area contributed by atoms with Gasteiger partial charge in [-0.25, -0.2) is 0 Å². The first kappa shape index (κ1) is 17.2. The number of fused-ring (bicyclic) bond motifs is 1. The van der Waals surface area contributed by atoms with Gasteiger partial charge in [0.05, 0.1) is 24.9 Å². The number of hydrogen-bond donors (Lipinski definition) is 2. The van der Waals surface area contributed by atoms with Crippen molar-refractivity contribution in [1.82, 2.24) is 0 Å². The molecule has 3 heteroatoms. The van der Waals surface area contributed by atoms with E-state index in [1.807, 2.05) is 18.2 Å². The van der Waals surface area contributed by atoms with Crippen molar-refractivity contribution >= 4 is 0 Å². The molecule has 3 atom stereocenters. The second kappa shape index (κ2) is 7.58. The van der Waals surface area contributed by atoms with Gasteiger partial charge < -0.3 is 14.9 Å². The maximum Gasteiger partial charge on any atom is 0.0854 e. The van der Waals surface area contributed by atoms with Crippen LogP contribution >= 0.6 is 0 Å². The monoisotopic (exact) mass is 348 g/mol. The van der Waals surface area contributed by atoms with Gasteiger partial charge in [-0.2, -0.15) is 0 Å². The molecule has 3 nitrogen and oxygen atoms in total. The van der Waals surface area contributed by atoms with E-state index < -0.39 is 6.10 Å². The summed E-state index contributed by atoms with van der Waals surface area (Å²) in [6.07, 6.45) is 1.09. The fourth-order valence-electron chi connectivity index (χ4n) is 3.84. The van der Waals surface area contributed by atoms with Gasteiger partial charge in [-0.1, -0.05) is 66.7 Å². The van der Waals surface area contributed by atoms with Crippen molar-refractivity contribution in [2.45, 2.75) is 37.6 Å². The molecular formula is C23H24O3. The van der Waals surface area contributed by atoms with Crippen molar-refractivity contribution in [3.05, 3.63) is 83.4 Å². The molecule has 26 heavy (non-hydrogen) atoms. The van der Waals surface area contributed by atoms with Gasteiger partial charge in [-0.05, 0) is 34.2 Å². The molecule has 0 spiro atoms. The lowest BCUT2D eigenvalue weighted by Gasteiger charge is -2.32. The van der Waals surface area contributed by atoms with Gasteiger partial charge in [0, 0.05) is 12.8 Å². The molecule has 2 aliphatic carbocycles. The van der Waals surface area contributed by atoms with Crippen LogP contribution in [0.2, 0.25) is 0 Å². The largest absolute Gasteiger partial charge is 0.394 e. The summed E-state index contributed by atoms with van der Waals surface area (Å²) in [7, 11) is 0. The molecule has 4 rings (SSSR count). The zero-order valence-corrected chi connectivity index (χ0v) is 14.7. The first-order valence-electron chi connectivity index (χ1n) is 9.22. The molecule has 134 valence electrons. The van der Waals surface area contributed by atoms with Crippen molar-refractivity contribution in [2.75, 3.05) is 6.61 Å². The molecule has 1 fully saturated rings. The van der Waals surface area contributed by atoms with Crippen LogP contribution in [0, 0.1) is 0 Å². The normalized spacial score (nSPS) is 23.2. The van der Waals surface area contributed by atoms with Gasteiger partial charge in [0.2, 0.25) is 0 Å². The number of rotatable bonds is 4. The van der Waals surface area contributed by atoms with E-state index in [1.165, 1.54) is 22.3 Å². The molecule has 0 bridgehead atoms. The minimum atomic E-state index is -0.421. The molecule has 1 unspecified atom stereocenters. The second-order valence-corrected chi connectivity index (χ2v) is 7.16. The quantitative estimate of drug-likeness (QED) is 0.750. The Morgan fingerprint density at radius 1 is 0.846 bits per heavy atom. The summed E-state index contributed by atoms with van der Waals surface area (Å²) < 4.78 is 5.95. The summed E-state index contributed by atoms with van der Waals surface area (Å²) >= 11 is 0. The number of hydrogen-bond acceptors (Lipinski definition) is 3. The first-order valence-corrected chi connectivity index (χ1v) is 9.22. The first-order chi connectivity index (χ1) is 12.7. The fraction of sp³-hybridized carbons (Fsp3) is 0.304. The maximum atomic E-state index is 10.1. The van der Waals surface area contributed by atoms with Crippen LogP contribution in [0.3, 0.4) is 0 Å². The molecular weight excluding hydrogens is 324 g/mol. The molecule has 1 heterocycles. The summed E-state index contributed by atoms with van der Waals surface area (Å²) in [5, 5.41) is 19.4. The van der Waals surface area contributed by atoms with E-state index in [-0.39, 0.29) is 18.8 Å². The molecule has 0 amide bonds. The average molecular weight is 348 g/mol. The van der Waals surface area contributed by atoms with Gasteiger partial charge >= 0.3 is 0 Å². The average Bonchev–Trinajstić information content (AvgIpc) is 2.89. The third-order valence-corrected chi connectivity index (χ3v) is 5.10. The van der Waals surface area contributed by atoms with Crippen LogP contribution in [0.4, 0.5) is 0 Å². The molecule has 0 saturated carbocycles. The fourth-order valence-corrected chi connectivity index (χ4v) is 3.84. The standard InChI is InChI=1S/C23H24O3/c24-15-22-13-21(25)14-23(26-22)20-8-4-5-16(10-20)9-17-11-18-6-2-1-3-7-19(18)12-17/h1-8,10-12,21-25H,9,13-15H2/t21?,22-,23+/m0/s1. The molecule has 0 radical (unpaired) electrons. The summed E-state index contributed by atoms with van der Waals surface area (Å²) in [4.78, 5) is 0. The Balaban J connectivity index is 1.55. The van der Waals surface area contributed by atoms with Gasteiger partial charge in [-0.3, -0.25) is 0 Å². The van der Waals surface area contributed by atoms with Gasteiger partial charge in [0.25, 0.3) is 0 Å². The smallest absolute Gasteiger partial charge is 0.0854 e. The Labute approximate surface area is 154 Å². The topological polar surface area (TPSA) is 49.7 Å². The van der Waals surface area contributed by atoms with Crippen LogP contribution < -0.4 is 0 Å². The Hall–Kier alpha value is -2.20. The highest BCUT2D eigenvalue weighted by molar-refractivity contribution is 5.68. The summed E-state index contributed by atoms with van der Waals surface area (Å²) in [5.41, 5.74) is 6.10.